The van der Waals surface area contributed by atoms with Gasteiger partial charge < -0.3 is 0 Å². The Morgan fingerprint density at radius 1 is 1.08 bits per heavy atom. The summed E-state index contributed by atoms with van der Waals surface area (Å²) in [5, 5.41) is 6.76. The highest BCUT2D eigenvalue weighted by atomic mass is 19.1. The van der Waals surface area contributed by atoms with Crippen LogP contribution in [0.15, 0.2) is 47.6 Å². The highest BCUT2D eigenvalue weighted by Gasteiger charge is 2.25. The molecule has 1 unspecified atom stereocenters. The topological polar surface area (TPSA) is 15.6 Å². The molecule has 3 heteroatoms. The minimum Gasteiger partial charge on any atom is -0.265 e. The number of aryl methyl sites for hydroxylation is 1. The van der Waals surface area contributed by atoms with Crippen molar-refractivity contribution < 1.29 is 4.39 Å². The van der Waals surface area contributed by atoms with Gasteiger partial charge in [0, 0.05) is 18.2 Å². The molecule has 2 nitrogen and oxygen atoms in total. The number of hydrogen-bond donors (Lipinski definition) is 0. The second-order valence-corrected chi connectivity index (χ2v) is 6.21. The SMILES string of the molecule is CC.CC(C)=NN1CC(c2ccc(F)cc2)Cc2cc(C)ccc21. The Balaban J connectivity index is 0.00000100. The average Bonchev–Trinajstić information content (AvgIpc) is 2.56. The maximum absolute atomic E-state index is 13.2. The zero-order valence-corrected chi connectivity index (χ0v) is 15.3. The van der Waals surface area contributed by atoms with Crippen LogP contribution >= 0.6 is 0 Å². The number of nitrogens with zero attached hydrogens (tertiary/aromatic N) is 2. The van der Waals surface area contributed by atoms with Crippen LogP contribution in [0, 0.1) is 12.7 Å². The Bertz CT molecular complexity index is 700. The second-order valence-electron chi connectivity index (χ2n) is 6.21. The third kappa shape index (κ3) is 4.22. The normalized spacial score (nSPS) is 15.9. The van der Waals surface area contributed by atoms with Crippen LogP contribution in [0.25, 0.3) is 0 Å². The Kier molecular flexibility index (Phi) is 6.13. The van der Waals surface area contributed by atoms with Gasteiger partial charge in [-0.3, -0.25) is 5.01 Å². The number of halogens is 1. The fraction of sp³-hybridized carbons (Fsp3) is 0.381. The fourth-order valence-corrected chi connectivity index (χ4v) is 3.06. The van der Waals surface area contributed by atoms with E-state index in [1.165, 1.54) is 22.4 Å². The molecule has 0 saturated carbocycles. The zero-order chi connectivity index (χ0) is 17.7. The number of fused-ring (bicyclic) bond motifs is 1. The van der Waals surface area contributed by atoms with E-state index in [0.717, 1.165) is 18.7 Å². The van der Waals surface area contributed by atoms with Gasteiger partial charge in [-0.1, -0.05) is 43.7 Å². The Labute approximate surface area is 145 Å². The van der Waals surface area contributed by atoms with E-state index in [4.69, 9.17) is 0 Å². The first-order valence-electron chi connectivity index (χ1n) is 8.67. The fourth-order valence-electron chi connectivity index (χ4n) is 3.06. The van der Waals surface area contributed by atoms with E-state index in [9.17, 15) is 4.39 Å². The van der Waals surface area contributed by atoms with Crippen LogP contribution in [0.3, 0.4) is 0 Å². The maximum Gasteiger partial charge on any atom is 0.123 e. The van der Waals surface area contributed by atoms with Gasteiger partial charge in [-0.05, 0) is 56.5 Å². The average molecular weight is 326 g/mol. The molecule has 1 atom stereocenters. The summed E-state index contributed by atoms with van der Waals surface area (Å²) < 4.78 is 13.2. The van der Waals surface area contributed by atoms with Crippen molar-refractivity contribution in [2.45, 2.75) is 47.0 Å². The smallest absolute Gasteiger partial charge is 0.123 e. The zero-order valence-electron chi connectivity index (χ0n) is 15.3. The van der Waals surface area contributed by atoms with Crippen LogP contribution in [-0.2, 0) is 6.42 Å². The highest BCUT2D eigenvalue weighted by molar-refractivity contribution is 5.80. The predicted octanol–water partition coefficient (Wildman–Crippen LogP) is 5.70. The van der Waals surface area contributed by atoms with E-state index in [1.54, 1.807) is 12.1 Å². The van der Waals surface area contributed by atoms with Gasteiger partial charge in [-0.25, -0.2) is 4.39 Å². The lowest BCUT2D eigenvalue weighted by atomic mass is 9.87. The van der Waals surface area contributed by atoms with Gasteiger partial charge in [0.2, 0.25) is 0 Å². The van der Waals surface area contributed by atoms with Crippen LogP contribution in [0.2, 0.25) is 0 Å². The molecule has 0 aromatic heterocycles. The molecule has 24 heavy (non-hydrogen) atoms. The predicted molar refractivity (Wildman–Crippen MR) is 102 cm³/mol. The number of rotatable bonds is 2. The summed E-state index contributed by atoms with van der Waals surface area (Å²) in [5.74, 6) is 0.146. The van der Waals surface area contributed by atoms with Crippen LogP contribution < -0.4 is 5.01 Å². The first-order valence-corrected chi connectivity index (χ1v) is 8.67. The van der Waals surface area contributed by atoms with Crippen LogP contribution in [0.1, 0.15) is 50.3 Å². The van der Waals surface area contributed by atoms with Gasteiger partial charge in [0.05, 0.1) is 5.69 Å². The minimum atomic E-state index is -0.185. The summed E-state index contributed by atoms with van der Waals surface area (Å²) >= 11 is 0. The molecular weight excluding hydrogens is 299 g/mol. The van der Waals surface area contributed by atoms with Gasteiger partial charge in [-0.2, -0.15) is 5.10 Å². The van der Waals surface area contributed by atoms with Crippen LogP contribution in [0.4, 0.5) is 10.1 Å². The summed E-state index contributed by atoms with van der Waals surface area (Å²) in [5.41, 5.74) is 5.96. The first-order chi connectivity index (χ1) is 11.5. The minimum absolute atomic E-state index is 0.185. The van der Waals surface area contributed by atoms with Gasteiger partial charge in [0.25, 0.3) is 0 Å². The number of hydrazone groups is 1. The van der Waals surface area contributed by atoms with E-state index in [-0.39, 0.29) is 5.82 Å². The maximum atomic E-state index is 13.2. The molecule has 0 fully saturated rings. The largest absolute Gasteiger partial charge is 0.265 e. The molecule has 0 amide bonds. The molecule has 2 aromatic carbocycles. The van der Waals surface area contributed by atoms with E-state index in [2.05, 4.69) is 35.2 Å². The third-order valence-corrected chi connectivity index (χ3v) is 4.03. The number of benzene rings is 2. The first kappa shape index (κ1) is 18.2. The van der Waals surface area contributed by atoms with Crippen molar-refractivity contribution in [1.29, 1.82) is 0 Å². The molecule has 0 aliphatic carbocycles. The van der Waals surface area contributed by atoms with Crippen molar-refractivity contribution in [2.75, 3.05) is 11.6 Å². The van der Waals surface area contributed by atoms with Gasteiger partial charge in [-0.15, -0.1) is 0 Å². The molecular formula is C21H27FN2. The second kappa shape index (κ2) is 8.09. The molecule has 3 rings (SSSR count). The van der Waals surface area contributed by atoms with E-state index < -0.39 is 0 Å². The summed E-state index contributed by atoms with van der Waals surface area (Å²) in [6, 6.07) is 13.4. The molecule has 2 aromatic rings. The standard InChI is InChI=1S/C19H21FN2.C2H6/c1-13(2)21-22-12-17(15-5-7-18(20)8-6-15)11-16-10-14(3)4-9-19(16)22;1-2/h4-10,17H,11-12H2,1-3H3;1-2H3. The summed E-state index contributed by atoms with van der Waals surface area (Å²) in [7, 11) is 0. The summed E-state index contributed by atoms with van der Waals surface area (Å²) in [6.45, 7) is 11.0. The monoisotopic (exact) mass is 326 g/mol. The van der Waals surface area contributed by atoms with E-state index in [0.29, 0.717) is 5.92 Å². The Morgan fingerprint density at radius 2 is 1.75 bits per heavy atom. The molecule has 0 N–H and O–H groups in total. The van der Waals surface area contributed by atoms with Crippen molar-refractivity contribution >= 4 is 11.4 Å². The van der Waals surface area contributed by atoms with Gasteiger partial charge >= 0.3 is 0 Å². The van der Waals surface area contributed by atoms with Gasteiger partial charge in [0.1, 0.15) is 5.82 Å². The molecule has 0 radical (unpaired) electrons. The molecule has 128 valence electrons. The highest BCUT2D eigenvalue weighted by Crippen LogP contribution is 2.35. The van der Waals surface area contributed by atoms with Crippen molar-refractivity contribution in [1.82, 2.24) is 0 Å². The van der Waals surface area contributed by atoms with Crippen molar-refractivity contribution in [2.24, 2.45) is 5.10 Å². The van der Waals surface area contributed by atoms with Gasteiger partial charge in [0.15, 0.2) is 0 Å². The molecule has 1 aliphatic rings. The summed E-state index contributed by atoms with van der Waals surface area (Å²) in [6.07, 6.45) is 0.970. The van der Waals surface area contributed by atoms with E-state index in [1.807, 2.05) is 39.8 Å². The molecule has 1 heterocycles. The van der Waals surface area contributed by atoms with Crippen molar-refractivity contribution in [3.8, 4) is 0 Å². The molecule has 0 spiro atoms. The molecule has 0 saturated heterocycles. The van der Waals surface area contributed by atoms with Crippen LogP contribution in [0.5, 0.6) is 0 Å². The lowest BCUT2D eigenvalue weighted by Gasteiger charge is -2.33. The molecule has 1 aliphatic heterocycles. The lowest BCUT2D eigenvalue weighted by molar-refractivity contribution is 0.608. The molecule has 0 bridgehead atoms. The van der Waals surface area contributed by atoms with Crippen molar-refractivity contribution in [3.05, 3.63) is 65.0 Å². The number of hydrogen-bond acceptors (Lipinski definition) is 2. The van der Waals surface area contributed by atoms with Crippen LogP contribution in [-0.4, -0.2) is 12.3 Å². The van der Waals surface area contributed by atoms with E-state index >= 15 is 0 Å². The Hall–Kier alpha value is -2.16. The van der Waals surface area contributed by atoms with Crippen molar-refractivity contribution in [3.63, 3.8) is 0 Å². The Morgan fingerprint density at radius 3 is 2.38 bits per heavy atom. The quantitative estimate of drug-likeness (QED) is 0.646. The number of anilines is 1. The lowest BCUT2D eigenvalue weighted by Crippen LogP contribution is -2.31. The third-order valence-electron chi connectivity index (χ3n) is 4.03. The summed E-state index contributed by atoms with van der Waals surface area (Å²) in [4.78, 5) is 0.